The third kappa shape index (κ3) is 3.29. The Labute approximate surface area is 279 Å². The first-order valence-corrected chi connectivity index (χ1v) is 17.0. The lowest BCUT2D eigenvalue weighted by molar-refractivity contribution is -0.614. The van der Waals surface area contributed by atoms with Crippen LogP contribution in [0.25, 0.3) is 33.7 Å². The fraction of sp³-hybridized carbons (Fsp3) is 0.0889. The van der Waals surface area contributed by atoms with E-state index in [4.69, 9.17) is 4.99 Å². The van der Waals surface area contributed by atoms with Crippen LogP contribution in [-0.4, -0.2) is 10.3 Å². The van der Waals surface area contributed by atoms with Gasteiger partial charge in [-0.2, -0.15) is 0 Å². The van der Waals surface area contributed by atoms with Gasteiger partial charge in [0.1, 0.15) is 11.4 Å². The number of aliphatic imine (C=N–C) groups is 1. The smallest absolute Gasteiger partial charge is 0.211 e. The van der Waals surface area contributed by atoms with Gasteiger partial charge in [-0.3, -0.25) is 9.88 Å². The maximum Gasteiger partial charge on any atom is 0.211 e. The third-order valence-corrected chi connectivity index (χ3v) is 11.4. The highest BCUT2D eigenvalue weighted by Crippen LogP contribution is 2.59. The zero-order valence-corrected chi connectivity index (χ0v) is 26.3. The molecule has 2 N–H and O–H groups in total. The molecule has 0 fully saturated rings. The number of hydrogen-bond donors (Lipinski definition) is 1. The lowest BCUT2D eigenvalue weighted by Gasteiger charge is -2.34. The summed E-state index contributed by atoms with van der Waals surface area (Å²) < 4.78 is 2.58. The van der Waals surface area contributed by atoms with E-state index in [1.165, 1.54) is 78.1 Å². The summed E-state index contributed by atoms with van der Waals surface area (Å²) in [5.41, 5.74) is 18.0. The molecule has 3 heterocycles. The molecule has 0 bridgehead atoms. The van der Waals surface area contributed by atoms with Crippen LogP contribution in [0.4, 0.5) is 11.4 Å². The van der Waals surface area contributed by atoms with E-state index in [1.54, 1.807) is 0 Å². The van der Waals surface area contributed by atoms with Crippen molar-refractivity contribution >= 4 is 39.6 Å². The van der Waals surface area contributed by atoms with Gasteiger partial charge < -0.3 is 0 Å². The first kappa shape index (κ1) is 26.3. The number of quaternary nitrogens is 1. The van der Waals surface area contributed by atoms with Crippen LogP contribution < -0.4 is 5.32 Å². The van der Waals surface area contributed by atoms with Crippen molar-refractivity contribution < 1.29 is 5.32 Å². The third-order valence-electron chi connectivity index (χ3n) is 11.4. The van der Waals surface area contributed by atoms with Gasteiger partial charge in [0.25, 0.3) is 0 Å². The lowest BCUT2D eigenvalue weighted by Crippen LogP contribution is -2.82. The van der Waals surface area contributed by atoms with Crippen molar-refractivity contribution in [1.82, 2.24) is 4.57 Å². The number of aromatic nitrogens is 1. The normalized spacial score (nSPS) is 19.1. The van der Waals surface area contributed by atoms with Gasteiger partial charge in [-0.25, -0.2) is 4.99 Å². The minimum Gasteiger partial charge on any atom is -0.288 e. The molecule has 6 aromatic carbocycles. The molecular formula is C45H32N3+. The molecule has 7 aromatic rings. The predicted octanol–water partition coefficient (Wildman–Crippen LogP) is 9.53. The number of hydrogen-bond acceptors (Lipinski definition) is 1. The fourth-order valence-corrected chi connectivity index (χ4v) is 9.54. The van der Waals surface area contributed by atoms with Crippen molar-refractivity contribution in [1.29, 1.82) is 0 Å². The summed E-state index contributed by atoms with van der Waals surface area (Å²) in [7, 11) is 0. The van der Waals surface area contributed by atoms with E-state index >= 15 is 0 Å². The molecule has 4 aliphatic rings. The molecule has 226 valence electrons. The molecule has 2 atom stereocenters. The lowest BCUT2D eigenvalue weighted by atomic mass is 9.67. The Hall–Kier alpha value is -5.77. The number of nitrogens with zero attached hydrogens (tertiary/aromatic N) is 2. The van der Waals surface area contributed by atoms with E-state index < -0.39 is 5.41 Å². The Morgan fingerprint density at radius 2 is 1.29 bits per heavy atom. The number of fused-ring (bicyclic) bond motifs is 10. The van der Waals surface area contributed by atoms with E-state index in [2.05, 4.69) is 168 Å². The second kappa shape index (κ2) is 9.63. The molecule has 2 aliphatic heterocycles. The van der Waals surface area contributed by atoms with Crippen LogP contribution in [0.5, 0.6) is 0 Å². The Morgan fingerprint density at radius 3 is 2.12 bits per heavy atom. The zero-order valence-electron chi connectivity index (χ0n) is 26.3. The van der Waals surface area contributed by atoms with Crippen LogP contribution in [0, 0.1) is 0 Å². The Kier molecular flexibility index (Phi) is 5.28. The Bertz CT molecular complexity index is 2480. The van der Waals surface area contributed by atoms with E-state index in [9.17, 15) is 0 Å². The summed E-state index contributed by atoms with van der Waals surface area (Å²) in [6, 6.07) is 55.9. The first-order chi connectivity index (χ1) is 23.8. The number of para-hydroxylation sites is 3. The van der Waals surface area contributed by atoms with Crippen LogP contribution in [0.1, 0.15) is 57.6 Å². The van der Waals surface area contributed by atoms with Gasteiger partial charge in [0.05, 0.1) is 16.8 Å². The summed E-state index contributed by atoms with van der Waals surface area (Å²) in [6.07, 6.45) is 3.58. The molecule has 3 heteroatoms. The number of rotatable bonds is 3. The largest absolute Gasteiger partial charge is 0.288 e. The summed E-state index contributed by atoms with van der Waals surface area (Å²) >= 11 is 0. The second-order valence-electron chi connectivity index (χ2n) is 13.6. The quantitative estimate of drug-likeness (QED) is 0.192. The van der Waals surface area contributed by atoms with Crippen molar-refractivity contribution in [2.75, 3.05) is 0 Å². The molecule has 0 amide bonds. The number of allylic oxidation sites excluding steroid dienone is 1. The van der Waals surface area contributed by atoms with Gasteiger partial charge in [0.15, 0.2) is 5.69 Å². The highest BCUT2D eigenvalue weighted by molar-refractivity contribution is 6.10. The average molecular weight is 615 g/mol. The van der Waals surface area contributed by atoms with E-state index in [1.807, 2.05) is 0 Å². The second-order valence-corrected chi connectivity index (χ2v) is 13.6. The van der Waals surface area contributed by atoms with Gasteiger partial charge in [0.2, 0.25) is 6.17 Å². The summed E-state index contributed by atoms with van der Waals surface area (Å²) in [4.78, 5) is 5.40. The molecule has 11 rings (SSSR count). The standard InChI is InChI=1S/C45H31N3/c1-3-14-29(15-4-1)45(30-16-5-2-6-17-30)36-21-9-7-19-33(36)41-31(20-13-22-37(41)45)28-26-34-32-18-8-12-25-40(32)48-43(34)35(27-28)42-44(48)47-39-24-11-10-23-38(39)46-42/h1-26,35,44,47H,27H2/p+1. The van der Waals surface area contributed by atoms with E-state index in [0.29, 0.717) is 0 Å². The highest BCUT2D eigenvalue weighted by atomic mass is 15.2. The van der Waals surface area contributed by atoms with Gasteiger partial charge >= 0.3 is 0 Å². The summed E-state index contributed by atoms with van der Waals surface area (Å²) in [5, 5.41) is 3.77. The first-order valence-electron chi connectivity index (χ1n) is 17.0. The van der Waals surface area contributed by atoms with Crippen molar-refractivity contribution in [2.24, 2.45) is 4.99 Å². The van der Waals surface area contributed by atoms with Crippen LogP contribution in [0.15, 0.2) is 157 Å². The van der Waals surface area contributed by atoms with Crippen LogP contribution in [0.2, 0.25) is 0 Å². The molecule has 0 radical (unpaired) electrons. The molecule has 0 saturated carbocycles. The highest BCUT2D eigenvalue weighted by Gasteiger charge is 2.49. The summed E-state index contributed by atoms with van der Waals surface area (Å²) in [6.45, 7) is 0. The fourth-order valence-electron chi connectivity index (χ4n) is 9.54. The number of nitrogens with two attached hydrogens (primary N) is 1. The SMILES string of the molecule is C1=C(c2cccc3c2-c2ccccc2C3(c2ccccc2)c2ccccc2)CC2C3=Nc4ccccc4[NH2+]C3n3c2c1c1ccccc13. The van der Waals surface area contributed by atoms with Crippen molar-refractivity contribution in [3.05, 3.63) is 191 Å². The molecule has 48 heavy (non-hydrogen) atoms. The minimum atomic E-state index is -0.411. The maximum atomic E-state index is 5.40. The molecule has 2 unspecified atom stereocenters. The topological polar surface area (TPSA) is 33.9 Å². The molecule has 0 saturated heterocycles. The average Bonchev–Trinajstić information content (AvgIpc) is 3.77. The molecule has 1 aromatic heterocycles. The van der Waals surface area contributed by atoms with E-state index in [-0.39, 0.29) is 12.1 Å². The molecular weight excluding hydrogens is 583 g/mol. The molecule has 0 spiro atoms. The van der Waals surface area contributed by atoms with Crippen LogP contribution in [0.3, 0.4) is 0 Å². The molecule has 2 aliphatic carbocycles. The number of benzene rings is 6. The zero-order chi connectivity index (χ0) is 31.4. The van der Waals surface area contributed by atoms with Gasteiger partial charge in [0, 0.05) is 22.7 Å². The Morgan fingerprint density at radius 1 is 0.625 bits per heavy atom. The Balaban J connectivity index is 1.18. The van der Waals surface area contributed by atoms with E-state index in [0.717, 1.165) is 12.1 Å². The van der Waals surface area contributed by atoms with Gasteiger partial charge in [-0.15, -0.1) is 0 Å². The monoisotopic (exact) mass is 614 g/mol. The minimum absolute atomic E-state index is 0.136. The van der Waals surface area contributed by atoms with Crippen molar-refractivity contribution in [3.8, 4) is 11.1 Å². The maximum absolute atomic E-state index is 5.40. The van der Waals surface area contributed by atoms with Gasteiger partial charge in [-0.05, 0) is 69.1 Å². The van der Waals surface area contributed by atoms with Gasteiger partial charge in [-0.1, -0.05) is 133 Å². The molecule has 3 nitrogen and oxygen atoms in total. The van der Waals surface area contributed by atoms with Crippen LogP contribution in [-0.2, 0) is 5.41 Å². The van der Waals surface area contributed by atoms with Crippen LogP contribution >= 0.6 is 0 Å². The predicted molar refractivity (Wildman–Crippen MR) is 195 cm³/mol. The van der Waals surface area contributed by atoms with Crippen molar-refractivity contribution in [3.63, 3.8) is 0 Å². The van der Waals surface area contributed by atoms with Crippen molar-refractivity contribution in [2.45, 2.75) is 23.9 Å². The summed E-state index contributed by atoms with van der Waals surface area (Å²) in [5.74, 6) is 0.225.